The molecule has 1 amide bonds. The van der Waals surface area contributed by atoms with Crippen LogP contribution in [-0.4, -0.2) is 33.2 Å². The summed E-state index contributed by atoms with van der Waals surface area (Å²) in [7, 11) is 0. The molecule has 0 bridgehead atoms. The maximum Gasteiger partial charge on any atom is 0.269 e. The fourth-order valence-corrected chi connectivity index (χ4v) is 4.81. The van der Waals surface area contributed by atoms with Crippen LogP contribution in [0.15, 0.2) is 66.0 Å². The van der Waals surface area contributed by atoms with E-state index in [0.717, 1.165) is 16.5 Å². The Bertz CT molecular complexity index is 971. The Morgan fingerprint density at radius 2 is 2.07 bits per heavy atom. The van der Waals surface area contributed by atoms with Crippen molar-refractivity contribution in [1.29, 1.82) is 0 Å². The maximum atomic E-state index is 12.0. The molecule has 8 heteroatoms. The predicted molar refractivity (Wildman–Crippen MR) is 109 cm³/mol. The van der Waals surface area contributed by atoms with E-state index in [1.807, 2.05) is 36.5 Å². The molecule has 0 unspecified atom stereocenters. The molecule has 1 fully saturated rings. The van der Waals surface area contributed by atoms with Crippen molar-refractivity contribution in [2.75, 3.05) is 5.75 Å². The number of para-hydroxylation sites is 1. The third-order valence-electron chi connectivity index (χ3n) is 4.63. The molecule has 2 aliphatic rings. The molecule has 1 aromatic carbocycles. The van der Waals surface area contributed by atoms with E-state index in [9.17, 15) is 9.59 Å². The highest BCUT2D eigenvalue weighted by atomic mass is 35.5. The summed E-state index contributed by atoms with van der Waals surface area (Å²) in [4.78, 5) is 25.3. The van der Waals surface area contributed by atoms with E-state index in [4.69, 9.17) is 17.3 Å². The number of amides is 1. The number of halogens is 2. The first-order chi connectivity index (χ1) is 12.6. The lowest BCUT2D eigenvalue weighted by Gasteiger charge is -2.48. The van der Waals surface area contributed by atoms with Crippen molar-refractivity contribution in [3.8, 4) is 0 Å². The fourth-order valence-electron chi connectivity index (χ4n) is 3.34. The summed E-state index contributed by atoms with van der Waals surface area (Å²) in [5.74, 6) is 0.354. The van der Waals surface area contributed by atoms with E-state index >= 15 is 0 Å². The van der Waals surface area contributed by atoms with Gasteiger partial charge in [-0.3, -0.25) is 14.5 Å². The molecule has 5 nitrogen and oxygen atoms in total. The minimum absolute atomic E-state index is 0. The number of rotatable bonds is 4. The van der Waals surface area contributed by atoms with E-state index in [-0.39, 0.29) is 29.4 Å². The Labute approximate surface area is 172 Å². The highest BCUT2D eigenvalue weighted by Gasteiger charge is 2.51. The minimum atomic E-state index is -0.618. The third-order valence-corrected chi connectivity index (χ3v) is 6.14. The minimum Gasteiger partial charge on any atom is -0.317 e. The molecule has 0 saturated carbocycles. The average Bonchev–Trinajstić information content (AvgIpc) is 2.66. The topological polar surface area (TPSA) is 67.3 Å². The first-order valence-electron chi connectivity index (χ1n) is 8.25. The number of nitrogens with two attached hydrogens (primary N) is 1. The molecular formula is C19H18Cl2N3O2S+. The summed E-state index contributed by atoms with van der Waals surface area (Å²) >= 11 is 7.31. The largest absolute Gasteiger partial charge is 0.317 e. The van der Waals surface area contributed by atoms with Gasteiger partial charge in [0.05, 0.1) is 0 Å². The summed E-state index contributed by atoms with van der Waals surface area (Å²) in [6, 6.07) is 11.7. The molecule has 0 spiro atoms. The van der Waals surface area contributed by atoms with Crippen molar-refractivity contribution in [2.45, 2.75) is 18.0 Å². The van der Waals surface area contributed by atoms with Crippen LogP contribution in [0.2, 0.25) is 0 Å². The highest BCUT2D eigenvalue weighted by Crippen LogP contribution is 2.40. The summed E-state index contributed by atoms with van der Waals surface area (Å²) in [6.45, 7) is 0.649. The number of hydrogen-bond donors (Lipinski definition) is 1. The van der Waals surface area contributed by atoms with Crippen molar-refractivity contribution in [2.24, 2.45) is 5.73 Å². The van der Waals surface area contributed by atoms with Gasteiger partial charge < -0.3 is 5.73 Å². The molecule has 2 N–H and O–H groups in total. The van der Waals surface area contributed by atoms with Crippen LogP contribution in [0.1, 0.15) is 0 Å². The number of aromatic nitrogens is 1. The van der Waals surface area contributed by atoms with Crippen LogP contribution >= 0.6 is 35.8 Å². The zero-order valence-electron chi connectivity index (χ0n) is 14.2. The van der Waals surface area contributed by atoms with E-state index in [2.05, 4.69) is 22.8 Å². The zero-order valence-corrected chi connectivity index (χ0v) is 16.6. The summed E-state index contributed by atoms with van der Waals surface area (Å²) in [6.07, 6.45) is 5.87. The molecule has 0 radical (unpaired) electrons. The Morgan fingerprint density at radius 1 is 1.33 bits per heavy atom. The van der Waals surface area contributed by atoms with Gasteiger partial charge in [0, 0.05) is 23.3 Å². The SMILES string of the molecule is Cl.N[C@@H]1C(=O)N2C(C(=O)Cl)=C(/C=C/C[n+]3cccc4ccccc43)CS[C@H]12. The quantitative estimate of drug-likeness (QED) is 0.466. The maximum absolute atomic E-state index is 12.0. The number of carbonyl (C=O) groups excluding carboxylic acids is 2. The number of hydrogen-bond acceptors (Lipinski definition) is 4. The zero-order chi connectivity index (χ0) is 18.3. The van der Waals surface area contributed by atoms with Crippen LogP contribution in [0.25, 0.3) is 10.9 Å². The Balaban J connectivity index is 0.00000210. The first-order valence-corrected chi connectivity index (χ1v) is 9.67. The average molecular weight is 423 g/mol. The number of fused-ring (bicyclic) bond motifs is 2. The Morgan fingerprint density at radius 3 is 2.85 bits per heavy atom. The van der Waals surface area contributed by atoms with Crippen molar-refractivity contribution < 1.29 is 14.2 Å². The molecule has 1 saturated heterocycles. The third kappa shape index (κ3) is 3.50. The second-order valence-electron chi connectivity index (χ2n) is 6.20. The lowest BCUT2D eigenvalue weighted by Crippen LogP contribution is -2.68. The van der Waals surface area contributed by atoms with E-state index < -0.39 is 11.3 Å². The molecule has 27 heavy (non-hydrogen) atoms. The van der Waals surface area contributed by atoms with Gasteiger partial charge in [0.15, 0.2) is 12.7 Å². The van der Waals surface area contributed by atoms with Crippen LogP contribution in [0, 0.1) is 0 Å². The first kappa shape index (κ1) is 19.9. The van der Waals surface area contributed by atoms with Crippen molar-refractivity contribution >= 4 is 57.8 Å². The highest BCUT2D eigenvalue weighted by molar-refractivity contribution is 8.00. The standard InChI is InChI=1S/C19H17ClN3O2S.ClH/c20-17(24)16-13(11-26-19-15(21)18(25)23(16)19)7-4-10-22-9-3-6-12-5-1-2-8-14(12)22;/h1-9,15,19H,10-11,21H2;1H/q+1;/b7-4+;/t15-,19-;/m1./s1. The van der Waals surface area contributed by atoms with Gasteiger partial charge in [-0.15, -0.1) is 24.2 Å². The molecule has 4 rings (SSSR count). The summed E-state index contributed by atoms with van der Waals surface area (Å²) < 4.78 is 2.12. The van der Waals surface area contributed by atoms with Gasteiger partial charge in [-0.1, -0.05) is 18.2 Å². The molecule has 3 heterocycles. The van der Waals surface area contributed by atoms with Crippen LogP contribution in [0.4, 0.5) is 0 Å². The number of allylic oxidation sites excluding steroid dienone is 3. The van der Waals surface area contributed by atoms with Crippen molar-refractivity contribution in [3.05, 3.63) is 66.0 Å². The normalized spacial score (nSPS) is 21.9. The van der Waals surface area contributed by atoms with Gasteiger partial charge in [-0.2, -0.15) is 4.57 Å². The predicted octanol–water partition coefficient (Wildman–Crippen LogP) is 2.37. The number of pyridine rings is 1. The van der Waals surface area contributed by atoms with Gasteiger partial charge in [0.1, 0.15) is 17.1 Å². The van der Waals surface area contributed by atoms with Gasteiger partial charge in [0.25, 0.3) is 5.24 Å². The Hall–Kier alpha value is -1.86. The lowest BCUT2D eigenvalue weighted by atomic mass is 10.0. The molecule has 0 aliphatic carbocycles. The molecule has 2 aromatic rings. The summed E-state index contributed by atoms with van der Waals surface area (Å²) in [5.41, 5.74) is 7.95. The van der Waals surface area contributed by atoms with Crippen LogP contribution in [0.3, 0.4) is 0 Å². The van der Waals surface area contributed by atoms with Gasteiger partial charge >= 0.3 is 0 Å². The van der Waals surface area contributed by atoms with Crippen LogP contribution < -0.4 is 10.3 Å². The van der Waals surface area contributed by atoms with Gasteiger partial charge in [-0.05, 0) is 35.4 Å². The molecule has 1 aromatic heterocycles. The van der Waals surface area contributed by atoms with Gasteiger partial charge in [-0.25, -0.2) is 0 Å². The number of carbonyl (C=O) groups is 2. The van der Waals surface area contributed by atoms with E-state index in [1.165, 1.54) is 4.90 Å². The monoisotopic (exact) mass is 422 g/mol. The van der Waals surface area contributed by atoms with Gasteiger partial charge in [0.2, 0.25) is 11.4 Å². The van der Waals surface area contributed by atoms with E-state index in [0.29, 0.717) is 12.3 Å². The number of thioether (sulfide) groups is 1. The molecule has 2 aliphatic heterocycles. The smallest absolute Gasteiger partial charge is 0.269 e. The van der Waals surface area contributed by atoms with Crippen molar-refractivity contribution in [3.63, 3.8) is 0 Å². The fraction of sp³-hybridized carbons (Fsp3) is 0.211. The Kier molecular flexibility index (Phi) is 5.91. The molecule has 140 valence electrons. The van der Waals surface area contributed by atoms with Crippen LogP contribution in [-0.2, 0) is 16.1 Å². The lowest BCUT2D eigenvalue weighted by molar-refractivity contribution is -0.661. The molecular weight excluding hydrogens is 405 g/mol. The number of nitrogens with zero attached hydrogens (tertiary/aromatic N) is 2. The second-order valence-corrected chi connectivity index (χ2v) is 7.65. The van der Waals surface area contributed by atoms with Crippen LogP contribution in [0.5, 0.6) is 0 Å². The number of β-lactam (4-membered cyclic amide) rings is 1. The molecule has 2 atom stereocenters. The summed E-state index contributed by atoms with van der Waals surface area (Å²) in [5, 5.41) is 0.355. The number of benzene rings is 1. The second kappa shape index (κ2) is 8.02. The van der Waals surface area contributed by atoms with Crippen molar-refractivity contribution in [1.82, 2.24) is 4.90 Å². The van der Waals surface area contributed by atoms with E-state index in [1.54, 1.807) is 11.8 Å².